The van der Waals surface area contributed by atoms with Gasteiger partial charge in [-0.05, 0) is 54.7 Å². The molecule has 1 aliphatic carbocycles. The van der Waals surface area contributed by atoms with Crippen LogP contribution in [0.15, 0.2) is 58.5 Å². The van der Waals surface area contributed by atoms with E-state index in [0.29, 0.717) is 5.82 Å². The largest absolute Gasteiger partial charge is 0.464 e. The number of ether oxygens (including phenoxy) is 1. The first-order valence-electron chi connectivity index (χ1n) is 10.9. The number of esters is 1. The second-order valence-corrected chi connectivity index (χ2v) is 8.41. The molecule has 0 radical (unpaired) electrons. The summed E-state index contributed by atoms with van der Waals surface area (Å²) in [5.74, 6) is -0.609. The van der Waals surface area contributed by atoms with E-state index < -0.39 is 18.4 Å². The third kappa shape index (κ3) is 3.54. The summed E-state index contributed by atoms with van der Waals surface area (Å²) in [6.45, 7) is -0.492. The van der Waals surface area contributed by atoms with E-state index in [4.69, 9.17) is 9.15 Å². The summed E-state index contributed by atoms with van der Waals surface area (Å²) in [6, 6.07) is 13.8. The highest BCUT2D eigenvalue weighted by Crippen LogP contribution is 2.40. The Morgan fingerprint density at radius 1 is 1.09 bits per heavy atom. The van der Waals surface area contributed by atoms with Crippen molar-refractivity contribution in [3.05, 3.63) is 70.7 Å². The molecule has 2 heterocycles. The number of nitriles is 1. The first-order chi connectivity index (χ1) is 16.0. The number of furan rings is 1. The van der Waals surface area contributed by atoms with Crippen LogP contribution in [0.1, 0.15) is 23.1 Å². The molecule has 166 valence electrons. The van der Waals surface area contributed by atoms with Gasteiger partial charge in [-0.1, -0.05) is 12.1 Å². The maximum absolute atomic E-state index is 12.8. The molecule has 7 nitrogen and oxygen atoms in total. The Hall–Kier alpha value is -4.05. The fraction of sp³-hybridized carbons (Fsp3) is 0.269. The highest BCUT2D eigenvalue weighted by Gasteiger charge is 2.31. The first kappa shape index (κ1) is 20.8. The number of rotatable bonds is 5. The van der Waals surface area contributed by atoms with Gasteiger partial charge in [0.05, 0.1) is 24.1 Å². The number of nitrogens with zero attached hydrogens (tertiary/aromatic N) is 3. The highest BCUT2D eigenvalue weighted by molar-refractivity contribution is 6.04. The van der Waals surface area contributed by atoms with Crippen molar-refractivity contribution in [1.82, 2.24) is 0 Å². The lowest BCUT2D eigenvalue weighted by atomic mass is 10.0. The minimum Gasteiger partial charge on any atom is -0.464 e. The maximum Gasteiger partial charge on any atom is 0.310 e. The van der Waals surface area contributed by atoms with Gasteiger partial charge >= 0.3 is 5.97 Å². The number of Topliss-reactive ketones (excluding diaryl/α,β-unsaturated/α-hetero) is 1. The van der Waals surface area contributed by atoms with Crippen LogP contribution < -0.4 is 9.80 Å². The van der Waals surface area contributed by atoms with Gasteiger partial charge in [-0.15, -0.1) is 0 Å². The SMILES string of the molecule is CN1C(=C(C#N)C(=O)COC(=O)Cc2coc3cc4c(cc23)CCC4)N(C)c2ccccc21. The molecule has 1 aliphatic heterocycles. The molecule has 0 saturated carbocycles. The van der Waals surface area contributed by atoms with Crippen LogP contribution in [0, 0.1) is 11.3 Å². The molecule has 0 fully saturated rings. The molecule has 0 saturated heterocycles. The second-order valence-electron chi connectivity index (χ2n) is 8.41. The Bertz CT molecular complexity index is 1330. The zero-order valence-electron chi connectivity index (χ0n) is 18.6. The Morgan fingerprint density at radius 2 is 1.76 bits per heavy atom. The van der Waals surface area contributed by atoms with Gasteiger partial charge in [-0.2, -0.15) is 5.26 Å². The predicted octanol–water partition coefficient (Wildman–Crippen LogP) is 3.90. The van der Waals surface area contributed by atoms with Crippen LogP contribution in [0.2, 0.25) is 0 Å². The fourth-order valence-electron chi connectivity index (χ4n) is 4.77. The summed E-state index contributed by atoms with van der Waals surface area (Å²) in [6.07, 6.45) is 4.80. The number of para-hydroxylation sites is 2. The Balaban J connectivity index is 1.29. The van der Waals surface area contributed by atoms with E-state index in [9.17, 15) is 14.9 Å². The highest BCUT2D eigenvalue weighted by atomic mass is 16.5. The third-order valence-corrected chi connectivity index (χ3v) is 6.42. The number of aryl methyl sites for hydroxylation is 2. The van der Waals surface area contributed by atoms with Crippen LogP contribution in [-0.4, -0.2) is 32.5 Å². The zero-order chi connectivity index (χ0) is 23.1. The average Bonchev–Trinajstić information content (AvgIpc) is 3.50. The van der Waals surface area contributed by atoms with E-state index in [2.05, 4.69) is 6.07 Å². The second kappa shape index (κ2) is 8.14. The van der Waals surface area contributed by atoms with Gasteiger partial charge in [-0.25, -0.2) is 0 Å². The lowest BCUT2D eigenvalue weighted by Crippen LogP contribution is -2.28. The van der Waals surface area contributed by atoms with Crippen molar-refractivity contribution < 1.29 is 18.7 Å². The van der Waals surface area contributed by atoms with E-state index in [1.54, 1.807) is 30.2 Å². The van der Waals surface area contributed by atoms with E-state index in [0.717, 1.165) is 47.2 Å². The Kier molecular flexibility index (Phi) is 5.14. The molecular formula is C26H23N3O4. The third-order valence-electron chi connectivity index (χ3n) is 6.42. The molecule has 7 heteroatoms. The number of benzene rings is 2. The van der Waals surface area contributed by atoms with Gasteiger partial charge in [0.2, 0.25) is 5.78 Å². The Morgan fingerprint density at radius 3 is 2.42 bits per heavy atom. The van der Waals surface area contributed by atoms with Crippen molar-refractivity contribution in [2.45, 2.75) is 25.7 Å². The van der Waals surface area contributed by atoms with Crippen LogP contribution >= 0.6 is 0 Å². The summed E-state index contributed by atoms with van der Waals surface area (Å²) >= 11 is 0. The standard InChI is InChI=1S/C26H23N3O4/c1-28-21-8-3-4-9-22(21)29(2)26(28)20(13-27)23(30)15-33-25(31)12-18-14-32-24-11-17-7-5-6-16(17)10-19(18)24/h3-4,8-11,14H,5-7,12,15H2,1-2H3. The van der Waals surface area contributed by atoms with Gasteiger partial charge in [-0.3, -0.25) is 9.59 Å². The molecule has 0 spiro atoms. The van der Waals surface area contributed by atoms with Gasteiger partial charge in [0, 0.05) is 25.0 Å². The van der Waals surface area contributed by atoms with Crippen LogP contribution in [0.4, 0.5) is 11.4 Å². The summed E-state index contributed by atoms with van der Waals surface area (Å²) in [4.78, 5) is 28.9. The molecule has 0 amide bonds. The number of hydrogen-bond acceptors (Lipinski definition) is 7. The minimum absolute atomic E-state index is 0.00275. The topological polar surface area (TPSA) is 86.8 Å². The molecule has 5 rings (SSSR count). The molecule has 0 unspecified atom stereocenters. The molecular weight excluding hydrogens is 418 g/mol. The molecule has 0 atom stereocenters. The van der Waals surface area contributed by atoms with Crippen molar-refractivity contribution in [3.63, 3.8) is 0 Å². The van der Waals surface area contributed by atoms with Crippen molar-refractivity contribution >= 4 is 34.1 Å². The van der Waals surface area contributed by atoms with E-state index in [1.807, 2.05) is 36.4 Å². The van der Waals surface area contributed by atoms with Crippen LogP contribution in [0.5, 0.6) is 0 Å². The average molecular weight is 441 g/mol. The molecule has 33 heavy (non-hydrogen) atoms. The minimum atomic E-state index is -0.540. The molecule has 2 aromatic carbocycles. The smallest absolute Gasteiger partial charge is 0.310 e. The zero-order valence-corrected chi connectivity index (χ0v) is 18.6. The van der Waals surface area contributed by atoms with Crippen molar-refractivity contribution in [3.8, 4) is 6.07 Å². The monoisotopic (exact) mass is 441 g/mol. The van der Waals surface area contributed by atoms with Crippen molar-refractivity contribution in [1.29, 1.82) is 5.26 Å². The van der Waals surface area contributed by atoms with Crippen molar-refractivity contribution in [2.75, 3.05) is 30.5 Å². The van der Waals surface area contributed by atoms with Crippen LogP contribution in [0.3, 0.4) is 0 Å². The van der Waals surface area contributed by atoms with Crippen LogP contribution in [-0.2, 0) is 33.6 Å². The quantitative estimate of drug-likeness (QED) is 0.337. The van der Waals surface area contributed by atoms with E-state index in [1.165, 1.54) is 11.1 Å². The Labute approximate surface area is 191 Å². The molecule has 2 aliphatic rings. The summed E-state index contributed by atoms with van der Waals surface area (Å²) in [7, 11) is 3.60. The van der Waals surface area contributed by atoms with Crippen LogP contribution in [0.25, 0.3) is 11.0 Å². The summed E-state index contributed by atoms with van der Waals surface area (Å²) < 4.78 is 10.9. The van der Waals surface area contributed by atoms with Gasteiger partial charge in [0.15, 0.2) is 6.61 Å². The first-order valence-corrected chi connectivity index (χ1v) is 10.9. The number of carbonyl (C=O) groups excluding carboxylic acids is 2. The number of anilines is 2. The number of fused-ring (bicyclic) bond motifs is 3. The lowest BCUT2D eigenvalue weighted by Gasteiger charge is -2.19. The molecule has 3 aromatic rings. The predicted molar refractivity (Wildman–Crippen MR) is 124 cm³/mol. The number of ketones is 1. The lowest BCUT2D eigenvalue weighted by molar-refractivity contribution is -0.146. The molecule has 0 N–H and O–H groups in total. The number of carbonyl (C=O) groups is 2. The summed E-state index contributed by atoms with van der Waals surface area (Å²) in [5.41, 5.74) is 5.84. The normalized spacial score (nSPS) is 14.3. The van der Waals surface area contributed by atoms with E-state index in [-0.39, 0.29) is 12.0 Å². The van der Waals surface area contributed by atoms with E-state index >= 15 is 0 Å². The van der Waals surface area contributed by atoms with Gasteiger partial charge in [0.25, 0.3) is 0 Å². The fourth-order valence-corrected chi connectivity index (χ4v) is 4.77. The van der Waals surface area contributed by atoms with Gasteiger partial charge < -0.3 is 19.0 Å². The summed E-state index contributed by atoms with van der Waals surface area (Å²) in [5, 5.41) is 10.6. The number of hydrogen-bond donors (Lipinski definition) is 0. The van der Waals surface area contributed by atoms with Crippen molar-refractivity contribution in [2.24, 2.45) is 0 Å². The molecule has 1 aromatic heterocycles. The maximum atomic E-state index is 12.8. The van der Waals surface area contributed by atoms with Gasteiger partial charge in [0.1, 0.15) is 23.0 Å². The molecule has 0 bridgehead atoms.